The van der Waals surface area contributed by atoms with E-state index in [1.807, 2.05) is 6.92 Å². The number of nitrogens with zero attached hydrogens (tertiary/aromatic N) is 1. The molecule has 0 bridgehead atoms. The molecule has 12 heavy (non-hydrogen) atoms. The summed E-state index contributed by atoms with van der Waals surface area (Å²) in [6.07, 6.45) is 5.53. The normalized spacial score (nSPS) is 19.5. The first kappa shape index (κ1) is 7.80. The first-order valence-corrected chi connectivity index (χ1v) is 4.46. The van der Waals surface area contributed by atoms with Gasteiger partial charge in [-0.1, -0.05) is 0 Å². The van der Waals surface area contributed by atoms with Crippen LogP contribution in [-0.4, -0.2) is 4.98 Å². The molecule has 0 spiro atoms. The highest BCUT2D eigenvalue weighted by atomic mass is 16.4. The second kappa shape index (κ2) is 2.90. The van der Waals surface area contributed by atoms with Gasteiger partial charge in [-0.3, -0.25) is 0 Å². The Bertz CT molecular complexity index is 263. The topological polar surface area (TPSA) is 52.0 Å². The average molecular weight is 166 g/mol. The maximum atomic E-state index is 5.62. The van der Waals surface area contributed by atoms with Gasteiger partial charge in [-0.2, -0.15) is 0 Å². The highest BCUT2D eigenvalue weighted by Crippen LogP contribution is 2.32. The first-order valence-electron chi connectivity index (χ1n) is 4.46. The highest BCUT2D eigenvalue weighted by molar-refractivity contribution is 4.99. The summed E-state index contributed by atoms with van der Waals surface area (Å²) in [6.45, 7) is 1.88. The zero-order chi connectivity index (χ0) is 8.55. The monoisotopic (exact) mass is 166 g/mol. The van der Waals surface area contributed by atoms with Crippen molar-refractivity contribution in [3.63, 3.8) is 0 Å². The van der Waals surface area contributed by atoms with Crippen LogP contribution in [0.4, 0.5) is 0 Å². The molecule has 3 nitrogen and oxygen atoms in total. The number of rotatable bonds is 3. The fourth-order valence-corrected chi connectivity index (χ4v) is 1.23. The predicted molar refractivity (Wildman–Crippen MR) is 45.5 cm³/mol. The van der Waals surface area contributed by atoms with Crippen LogP contribution >= 0.6 is 0 Å². The van der Waals surface area contributed by atoms with Gasteiger partial charge in [0, 0.05) is 6.42 Å². The van der Waals surface area contributed by atoms with E-state index in [9.17, 15) is 0 Å². The molecule has 1 aromatic rings. The van der Waals surface area contributed by atoms with Crippen molar-refractivity contribution in [2.75, 3.05) is 0 Å². The van der Waals surface area contributed by atoms with E-state index in [2.05, 4.69) is 4.98 Å². The van der Waals surface area contributed by atoms with Crippen molar-refractivity contribution < 1.29 is 4.42 Å². The van der Waals surface area contributed by atoms with Gasteiger partial charge in [-0.15, -0.1) is 0 Å². The van der Waals surface area contributed by atoms with Crippen LogP contribution in [0.3, 0.4) is 0 Å². The van der Waals surface area contributed by atoms with E-state index in [0.717, 1.165) is 18.1 Å². The minimum Gasteiger partial charge on any atom is -0.444 e. The number of hydrogen-bond acceptors (Lipinski definition) is 3. The lowest BCUT2D eigenvalue weighted by Gasteiger charge is -1.96. The largest absolute Gasteiger partial charge is 0.444 e. The molecular weight excluding hydrogens is 152 g/mol. The van der Waals surface area contributed by atoms with Crippen molar-refractivity contribution >= 4 is 0 Å². The number of nitrogens with two attached hydrogens (primary N) is 1. The third-order valence-electron chi connectivity index (χ3n) is 2.15. The lowest BCUT2D eigenvalue weighted by molar-refractivity contribution is 0.424. The fraction of sp³-hybridized carbons (Fsp3) is 0.667. The highest BCUT2D eigenvalue weighted by Gasteiger charge is 2.23. The summed E-state index contributed by atoms with van der Waals surface area (Å²) < 4.78 is 5.46. The summed E-state index contributed by atoms with van der Waals surface area (Å²) >= 11 is 0. The van der Waals surface area contributed by atoms with Crippen molar-refractivity contribution in [2.24, 2.45) is 11.7 Å². The number of aromatic nitrogens is 1. The van der Waals surface area contributed by atoms with Gasteiger partial charge in [0.1, 0.15) is 5.76 Å². The Labute approximate surface area is 72.0 Å². The summed E-state index contributed by atoms with van der Waals surface area (Å²) in [5.41, 5.74) is 5.62. The molecule has 0 amide bonds. The summed E-state index contributed by atoms with van der Waals surface area (Å²) in [7, 11) is 0. The van der Waals surface area contributed by atoms with Crippen molar-refractivity contribution in [3.05, 3.63) is 17.8 Å². The maximum Gasteiger partial charge on any atom is 0.210 e. The smallest absolute Gasteiger partial charge is 0.210 e. The minimum absolute atomic E-state index is 0.0852. The molecule has 3 heteroatoms. The Morgan fingerprint density at radius 2 is 2.50 bits per heavy atom. The molecule has 0 aliphatic heterocycles. The van der Waals surface area contributed by atoms with E-state index in [1.165, 1.54) is 12.8 Å². The molecule has 1 aliphatic carbocycles. The number of hydrogen-bond donors (Lipinski definition) is 1. The van der Waals surface area contributed by atoms with E-state index in [1.54, 1.807) is 6.20 Å². The Kier molecular flexibility index (Phi) is 1.89. The summed E-state index contributed by atoms with van der Waals surface area (Å²) in [5, 5.41) is 0. The van der Waals surface area contributed by atoms with Crippen LogP contribution in [0.1, 0.15) is 37.5 Å². The van der Waals surface area contributed by atoms with Gasteiger partial charge in [0.25, 0.3) is 0 Å². The molecule has 1 unspecified atom stereocenters. The van der Waals surface area contributed by atoms with E-state index in [-0.39, 0.29) is 6.04 Å². The summed E-state index contributed by atoms with van der Waals surface area (Å²) in [6, 6.07) is -0.0852. The van der Waals surface area contributed by atoms with Gasteiger partial charge in [-0.25, -0.2) is 4.98 Å². The van der Waals surface area contributed by atoms with Gasteiger partial charge in [0.05, 0.1) is 12.2 Å². The van der Waals surface area contributed by atoms with Gasteiger partial charge in [0.2, 0.25) is 5.89 Å². The molecule has 2 N–H and O–H groups in total. The van der Waals surface area contributed by atoms with Gasteiger partial charge in [0.15, 0.2) is 0 Å². The molecule has 1 aromatic heterocycles. The van der Waals surface area contributed by atoms with Crippen molar-refractivity contribution in [1.29, 1.82) is 0 Å². The maximum absolute atomic E-state index is 5.62. The van der Waals surface area contributed by atoms with Gasteiger partial charge < -0.3 is 10.2 Å². The Morgan fingerprint density at radius 1 is 1.75 bits per heavy atom. The first-order chi connectivity index (χ1) is 5.75. The van der Waals surface area contributed by atoms with Crippen molar-refractivity contribution in [1.82, 2.24) is 4.98 Å². The molecule has 1 aliphatic rings. The third kappa shape index (κ3) is 1.67. The zero-order valence-corrected chi connectivity index (χ0v) is 7.29. The molecule has 1 fully saturated rings. The standard InChI is InChI=1S/C9H14N2O/c1-6(10)9-11-5-8(12-9)4-7-2-3-7/h5-7H,2-4,10H2,1H3. The molecule has 0 radical (unpaired) electrons. The SMILES string of the molecule is CC(N)c1ncc(CC2CC2)o1. The second-order valence-electron chi connectivity index (χ2n) is 3.60. The van der Waals surface area contributed by atoms with Crippen LogP contribution in [0, 0.1) is 5.92 Å². The quantitative estimate of drug-likeness (QED) is 0.742. The molecular formula is C9H14N2O. The lowest BCUT2D eigenvalue weighted by Crippen LogP contribution is -2.04. The van der Waals surface area contributed by atoms with Crippen LogP contribution < -0.4 is 5.73 Å². The Balaban J connectivity index is 2.02. The predicted octanol–water partition coefficient (Wildman–Crippen LogP) is 1.65. The average Bonchev–Trinajstić information content (AvgIpc) is 2.66. The number of oxazole rings is 1. The molecule has 0 saturated heterocycles. The Hall–Kier alpha value is -0.830. The van der Waals surface area contributed by atoms with E-state index in [0.29, 0.717) is 5.89 Å². The van der Waals surface area contributed by atoms with Crippen molar-refractivity contribution in [3.8, 4) is 0 Å². The third-order valence-corrected chi connectivity index (χ3v) is 2.15. The van der Waals surface area contributed by atoms with Crippen LogP contribution in [0.25, 0.3) is 0 Å². The van der Waals surface area contributed by atoms with Crippen LogP contribution in [0.2, 0.25) is 0 Å². The Morgan fingerprint density at radius 3 is 3.00 bits per heavy atom. The summed E-state index contributed by atoms with van der Waals surface area (Å²) in [4.78, 5) is 4.10. The zero-order valence-electron chi connectivity index (χ0n) is 7.29. The minimum atomic E-state index is -0.0852. The molecule has 1 atom stereocenters. The summed E-state index contributed by atoms with van der Waals surface area (Å²) in [5.74, 6) is 2.49. The molecule has 1 heterocycles. The lowest BCUT2D eigenvalue weighted by atomic mass is 10.2. The molecule has 66 valence electrons. The van der Waals surface area contributed by atoms with E-state index in [4.69, 9.17) is 10.2 Å². The molecule has 0 aromatic carbocycles. The molecule has 2 rings (SSSR count). The van der Waals surface area contributed by atoms with Crippen LogP contribution in [0.15, 0.2) is 10.6 Å². The fourth-order valence-electron chi connectivity index (χ4n) is 1.23. The second-order valence-corrected chi connectivity index (χ2v) is 3.60. The van der Waals surface area contributed by atoms with E-state index < -0.39 is 0 Å². The molecule has 1 saturated carbocycles. The van der Waals surface area contributed by atoms with Crippen LogP contribution in [-0.2, 0) is 6.42 Å². The van der Waals surface area contributed by atoms with Crippen LogP contribution in [0.5, 0.6) is 0 Å². The van der Waals surface area contributed by atoms with Crippen molar-refractivity contribution in [2.45, 2.75) is 32.2 Å². The van der Waals surface area contributed by atoms with Gasteiger partial charge in [-0.05, 0) is 25.7 Å². The van der Waals surface area contributed by atoms with E-state index >= 15 is 0 Å². The van der Waals surface area contributed by atoms with Gasteiger partial charge >= 0.3 is 0 Å².